The van der Waals surface area contributed by atoms with Crippen molar-refractivity contribution in [3.63, 3.8) is 0 Å². The molecule has 2 aromatic rings. The summed E-state index contributed by atoms with van der Waals surface area (Å²) in [7, 11) is 0. The molecule has 18 heavy (non-hydrogen) atoms. The van der Waals surface area contributed by atoms with E-state index in [4.69, 9.17) is 5.73 Å². The molecule has 0 saturated heterocycles. The predicted octanol–water partition coefficient (Wildman–Crippen LogP) is 2.88. The van der Waals surface area contributed by atoms with Crippen LogP contribution < -0.4 is 11.1 Å². The maximum Gasteiger partial charge on any atom is 0.251 e. The molecule has 0 bridgehead atoms. The number of anilines is 1. The summed E-state index contributed by atoms with van der Waals surface area (Å²) in [5, 5.41) is 2.91. The Hall–Kier alpha value is -1.81. The average molecular weight is 260 g/mol. The van der Waals surface area contributed by atoms with E-state index in [9.17, 15) is 4.79 Å². The molecule has 0 atom stereocenters. The van der Waals surface area contributed by atoms with Gasteiger partial charge in [-0.2, -0.15) is 0 Å². The van der Waals surface area contributed by atoms with Crippen molar-refractivity contribution in [1.29, 1.82) is 0 Å². The second-order valence-electron chi connectivity index (χ2n) is 4.27. The second kappa shape index (κ2) is 5.23. The van der Waals surface area contributed by atoms with Crippen LogP contribution in [0.15, 0.2) is 30.3 Å². The average Bonchev–Trinajstić information content (AvgIpc) is 2.75. The van der Waals surface area contributed by atoms with E-state index in [1.54, 1.807) is 23.5 Å². The first-order chi connectivity index (χ1) is 8.56. The monoisotopic (exact) mass is 260 g/mol. The molecule has 3 nitrogen and oxygen atoms in total. The topological polar surface area (TPSA) is 55.1 Å². The van der Waals surface area contributed by atoms with Crippen molar-refractivity contribution in [3.05, 3.63) is 51.2 Å². The highest BCUT2D eigenvalue weighted by molar-refractivity contribution is 7.11. The number of carbonyl (C=O) groups excluding carboxylic acids is 1. The molecule has 4 heteroatoms. The predicted molar refractivity (Wildman–Crippen MR) is 75.8 cm³/mol. The number of rotatable bonds is 3. The summed E-state index contributed by atoms with van der Waals surface area (Å²) in [5.41, 5.74) is 7.88. The number of aryl methyl sites for hydroxylation is 2. The number of hydrogen-bond acceptors (Lipinski definition) is 3. The molecular formula is C14H16N2OS. The van der Waals surface area contributed by atoms with Crippen LogP contribution in [0.25, 0.3) is 0 Å². The molecular weight excluding hydrogens is 244 g/mol. The van der Waals surface area contributed by atoms with Crippen molar-refractivity contribution in [2.24, 2.45) is 0 Å². The van der Waals surface area contributed by atoms with E-state index in [1.165, 1.54) is 4.88 Å². The highest BCUT2D eigenvalue weighted by atomic mass is 32.1. The Morgan fingerprint density at radius 1 is 1.28 bits per heavy atom. The lowest BCUT2D eigenvalue weighted by Crippen LogP contribution is -2.23. The van der Waals surface area contributed by atoms with E-state index in [0.29, 0.717) is 17.8 Å². The van der Waals surface area contributed by atoms with E-state index in [-0.39, 0.29) is 5.91 Å². The lowest BCUT2D eigenvalue weighted by Gasteiger charge is -2.07. The van der Waals surface area contributed by atoms with Crippen LogP contribution in [-0.2, 0) is 6.54 Å². The first kappa shape index (κ1) is 12.6. The van der Waals surface area contributed by atoms with E-state index in [2.05, 4.69) is 18.3 Å². The molecule has 0 aliphatic rings. The molecule has 0 aliphatic carbocycles. The minimum atomic E-state index is -0.0779. The fraction of sp³-hybridized carbons (Fsp3) is 0.214. The summed E-state index contributed by atoms with van der Waals surface area (Å²) in [4.78, 5) is 14.4. The maximum absolute atomic E-state index is 12.0. The molecule has 1 heterocycles. The molecule has 0 radical (unpaired) electrons. The van der Waals surface area contributed by atoms with Gasteiger partial charge in [0.05, 0.1) is 6.54 Å². The van der Waals surface area contributed by atoms with Gasteiger partial charge >= 0.3 is 0 Å². The van der Waals surface area contributed by atoms with Crippen molar-refractivity contribution in [3.8, 4) is 0 Å². The second-order valence-corrected chi connectivity index (χ2v) is 5.64. The Bertz CT molecular complexity index is 575. The first-order valence-electron chi connectivity index (χ1n) is 5.76. The summed E-state index contributed by atoms with van der Waals surface area (Å²) in [6, 6.07) is 9.46. The van der Waals surface area contributed by atoms with Crippen LogP contribution in [0.3, 0.4) is 0 Å². The van der Waals surface area contributed by atoms with Gasteiger partial charge in [-0.15, -0.1) is 11.3 Å². The van der Waals surface area contributed by atoms with Crippen molar-refractivity contribution in [2.45, 2.75) is 20.4 Å². The largest absolute Gasteiger partial charge is 0.399 e. The van der Waals surface area contributed by atoms with Crippen LogP contribution in [0.2, 0.25) is 0 Å². The SMILES string of the molecule is Cc1ccc(CNC(=O)c2cc(N)ccc2C)s1. The fourth-order valence-corrected chi connectivity index (χ4v) is 2.56. The fourth-order valence-electron chi connectivity index (χ4n) is 1.73. The van der Waals surface area contributed by atoms with Crippen molar-refractivity contribution < 1.29 is 4.79 Å². The zero-order valence-electron chi connectivity index (χ0n) is 10.5. The molecule has 0 saturated carbocycles. The number of benzene rings is 1. The van der Waals surface area contributed by atoms with Crippen LogP contribution in [0, 0.1) is 13.8 Å². The third-order valence-corrected chi connectivity index (χ3v) is 3.73. The van der Waals surface area contributed by atoms with E-state index < -0.39 is 0 Å². The summed E-state index contributed by atoms with van der Waals surface area (Å²) < 4.78 is 0. The number of nitrogens with one attached hydrogen (secondary N) is 1. The molecule has 0 aliphatic heterocycles. The van der Waals surface area contributed by atoms with Crippen LogP contribution >= 0.6 is 11.3 Å². The Kier molecular flexibility index (Phi) is 3.67. The standard InChI is InChI=1S/C14H16N2OS/c1-9-3-5-11(15)7-13(9)14(17)16-8-12-6-4-10(2)18-12/h3-7H,8,15H2,1-2H3,(H,16,17). The third kappa shape index (κ3) is 2.90. The smallest absolute Gasteiger partial charge is 0.251 e. The molecule has 2 rings (SSSR count). The lowest BCUT2D eigenvalue weighted by atomic mass is 10.1. The normalized spacial score (nSPS) is 10.3. The zero-order chi connectivity index (χ0) is 13.1. The highest BCUT2D eigenvalue weighted by Crippen LogP contribution is 2.16. The number of nitrogen functional groups attached to an aromatic ring is 1. The molecule has 1 aromatic carbocycles. The van der Waals surface area contributed by atoms with Crippen molar-refractivity contribution in [2.75, 3.05) is 5.73 Å². The van der Waals surface area contributed by atoms with Crippen LogP contribution in [-0.4, -0.2) is 5.91 Å². The molecule has 1 amide bonds. The van der Waals surface area contributed by atoms with Crippen LogP contribution in [0.4, 0.5) is 5.69 Å². The quantitative estimate of drug-likeness (QED) is 0.834. The van der Waals surface area contributed by atoms with Crippen LogP contribution in [0.1, 0.15) is 25.7 Å². The van der Waals surface area contributed by atoms with E-state index in [1.807, 2.05) is 19.1 Å². The van der Waals surface area contributed by atoms with Gasteiger partial charge in [0, 0.05) is 21.0 Å². The molecule has 0 spiro atoms. The Labute approximate surface area is 111 Å². The molecule has 1 aromatic heterocycles. The van der Waals surface area contributed by atoms with Gasteiger partial charge in [0.2, 0.25) is 0 Å². The Morgan fingerprint density at radius 3 is 2.72 bits per heavy atom. The number of amides is 1. The number of nitrogens with two attached hydrogens (primary N) is 1. The Morgan fingerprint density at radius 2 is 2.06 bits per heavy atom. The van der Waals surface area contributed by atoms with Gasteiger partial charge in [0.25, 0.3) is 5.91 Å². The summed E-state index contributed by atoms with van der Waals surface area (Å²) >= 11 is 1.69. The minimum absolute atomic E-state index is 0.0779. The van der Waals surface area contributed by atoms with Gasteiger partial charge in [-0.05, 0) is 43.7 Å². The minimum Gasteiger partial charge on any atom is -0.399 e. The molecule has 0 unspecified atom stereocenters. The Balaban J connectivity index is 2.05. The van der Waals surface area contributed by atoms with Crippen LogP contribution in [0.5, 0.6) is 0 Å². The van der Waals surface area contributed by atoms with Gasteiger partial charge in [0.15, 0.2) is 0 Å². The molecule has 94 valence electrons. The first-order valence-corrected chi connectivity index (χ1v) is 6.57. The lowest BCUT2D eigenvalue weighted by molar-refractivity contribution is 0.0950. The van der Waals surface area contributed by atoms with Crippen molar-refractivity contribution >= 4 is 22.9 Å². The maximum atomic E-state index is 12.0. The van der Waals surface area contributed by atoms with Gasteiger partial charge < -0.3 is 11.1 Å². The number of thiophene rings is 1. The van der Waals surface area contributed by atoms with Gasteiger partial charge in [-0.1, -0.05) is 6.07 Å². The van der Waals surface area contributed by atoms with Gasteiger partial charge in [0.1, 0.15) is 0 Å². The van der Waals surface area contributed by atoms with Gasteiger partial charge in [-0.25, -0.2) is 0 Å². The summed E-state index contributed by atoms with van der Waals surface area (Å²) in [6.45, 7) is 4.52. The summed E-state index contributed by atoms with van der Waals surface area (Å²) in [6.07, 6.45) is 0. The van der Waals surface area contributed by atoms with Gasteiger partial charge in [-0.3, -0.25) is 4.79 Å². The molecule has 0 fully saturated rings. The summed E-state index contributed by atoms with van der Waals surface area (Å²) in [5.74, 6) is -0.0779. The van der Waals surface area contributed by atoms with Crippen molar-refractivity contribution in [1.82, 2.24) is 5.32 Å². The number of hydrogen-bond donors (Lipinski definition) is 2. The zero-order valence-corrected chi connectivity index (χ0v) is 11.3. The molecule has 3 N–H and O–H groups in total. The van der Waals surface area contributed by atoms with E-state index >= 15 is 0 Å². The van der Waals surface area contributed by atoms with E-state index in [0.717, 1.165) is 10.4 Å². The highest BCUT2D eigenvalue weighted by Gasteiger charge is 2.09. The number of carbonyl (C=O) groups is 1. The third-order valence-electron chi connectivity index (χ3n) is 2.73.